The van der Waals surface area contributed by atoms with Gasteiger partial charge in [0.25, 0.3) is 0 Å². The molecule has 0 amide bonds. The van der Waals surface area contributed by atoms with Crippen molar-refractivity contribution in [3.63, 3.8) is 0 Å². The van der Waals surface area contributed by atoms with Crippen molar-refractivity contribution in [1.82, 2.24) is 14.8 Å². The highest BCUT2D eigenvalue weighted by molar-refractivity contribution is 7.98. The van der Waals surface area contributed by atoms with E-state index in [2.05, 4.69) is 10.2 Å². The van der Waals surface area contributed by atoms with Gasteiger partial charge in [-0.15, -0.1) is 10.2 Å². The highest BCUT2D eigenvalue weighted by Crippen LogP contribution is 2.13. The first-order valence-electron chi connectivity index (χ1n) is 4.68. The number of nitrogens with zero attached hydrogens (tertiary/aromatic N) is 3. The summed E-state index contributed by atoms with van der Waals surface area (Å²) in [4.78, 5) is 0. The van der Waals surface area contributed by atoms with Crippen LogP contribution in [0.3, 0.4) is 0 Å². The Labute approximate surface area is 88.7 Å². The zero-order chi connectivity index (χ0) is 10.6. The third kappa shape index (κ3) is 2.99. The molecule has 80 valence electrons. The molecule has 4 nitrogen and oxygen atoms in total. The van der Waals surface area contributed by atoms with Crippen molar-refractivity contribution < 1.29 is 5.11 Å². The van der Waals surface area contributed by atoms with E-state index in [0.717, 1.165) is 23.2 Å². The van der Waals surface area contributed by atoms with Gasteiger partial charge in [-0.1, -0.05) is 6.92 Å². The Balaban J connectivity index is 2.35. The summed E-state index contributed by atoms with van der Waals surface area (Å²) in [5, 5.41) is 16.9. The van der Waals surface area contributed by atoms with E-state index in [9.17, 15) is 0 Å². The minimum Gasteiger partial charge on any atom is -0.396 e. The van der Waals surface area contributed by atoms with Crippen LogP contribution in [-0.2, 0) is 12.8 Å². The number of aromatic nitrogens is 3. The lowest BCUT2D eigenvalue weighted by Crippen LogP contribution is -2.05. The largest absolute Gasteiger partial charge is 0.396 e. The second-order valence-electron chi connectivity index (χ2n) is 3.53. The fourth-order valence-electron chi connectivity index (χ4n) is 0.981. The average Bonchev–Trinajstić information content (AvgIpc) is 2.49. The van der Waals surface area contributed by atoms with Gasteiger partial charge in [-0.2, -0.15) is 11.8 Å². The quantitative estimate of drug-likeness (QED) is 0.795. The Morgan fingerprint density at radius 2 is 2.21 bits per heavy atom. The van der Waals surface area contributed by atoms with E-state index in [-0.39, 0.29) is 6.61 Å². The summed E-state index contributed by atoms with van der Waals surface area (Å²) >= 11 is 1.78. The van der Waals surface area contributed by atoms with Gasteiger partial charge in [0.1, 0.15) is 11.6 Å². The molecule has 1 N–H and O–H groups in total. The van der Waals surface area contributed by atoms with Gasteiger partial charge in [-0.05, 0) is 18.6 Å². The lowest BCUT2D eigenvalue weighted by atomic mass is 10.2. The van der Waals surface area contributed by atoms with Gasteiger partial charge in [0, 0.05) is 13.7 Å². The van der Waals surface area contributed by atoms with Crippen molar-refractivity contribution in [1.29, 1.82) is 0 Å². The van der Waals surface area contributed by atoms with Crippen molar-refractivity contribution >= 4 is 11.8 Å². The summed E-state index contributed by atoms with van der Waals surface area (Å²) in [6.07, 6.45) is 0. The first-order chi connectivity index (χ1) is 6.65. The van der Waals surface area contributed by atoms with Crippen LogP contribution >= 0.6 is 11.8 Å². The van der Waals surface area contributed by atoms with Gasteiger partial charge in [0.2, 0.25) is 0 Å². The molecule has 0 saturated heterocycles. The van der Waals surface area contributed by atoms with E-state index in [1.807, 2.05) is 25.5 Å². The van der Waals surface area contributed by atoms with Gasteiger partial charge in [0.05, 0.1) is 5.75 Å². The summed E-state index contributed by atoms with van der Waals surface area (Å²) in [6.45, 7) is 4.23. The Hall–Kier alpha value is -0.550. The first kappa shape index (κ1) is 11.5. The van der Waals surface area contributed by atoms with Gasteiger partial charge in [-0.3, -0.25) is 0 Å². The van der Waals surface area contributed by atoms with Gasteiger partial charge < -0.3 is 9.67 Å². The Morgan fingerprint density at radius 1 is 1.50 bits per heavy atom. The lowest BCUT2D eigenvalue weighted by Gasteiger charge is -2.06. The number of aliphatic hydroxyl groups excluding tert-OH is 1. The SMILES string of the molecule is Cc1nnc(CSCC(C)CO)n1C. The van der Waals surface area contributed by atoms with E-state index >= 15 is 0 Å². The molecule has 0 spiro atoms. The molecule has 0 fully saturated rings. The zero-order valence-corrected chi connectivity index (χ0v) is 9.71. The third-order valence-corrected chi connectivity index (χ3v) is 3.39. The molecule has 14 heavy (non-hydrogen) atoms. The molecule has 0 aliphatic heterocycles. The van der Waals surface area contributed by atoms with Crippen molar-refractivity contribution in [3.8, 4) is 0 Å². The van der Waals surface area contributed by atoms with E-state index < -0.39 is 0 Å². The molecule has 1 aromatic rings. The normalized spacial score (nSPS) is 13.1. The van der Waals surface area contributed by atoms with Gasteiger partial charge in [-0.25, -0.2) is 0 Å². The monoisotopic (exact) mass is 215 g/mol. The number of rotatable bonds is 5. The number of aryl methyl sites for hydroxylation is 1. The Bertz CT molecular complexity index is 288. The highest BCUT2D eigenvalue weighted by atomic mass is 32.2. The maximum atomic E-state index is 8.84. The molecule has 0 aliphatic carbocycles. The van der Waals surface area contributed by atoms with E-state index in [1.54, 1.807) is 11.8 Å². The highest BCUT2D eigenvalue weighted by Gasteiger charge is 2.06. The van der Waals surface area contributed by atoms with E-state index in [1.165, 1.54) is 0 Å². The molecular weight excluding hydrogens is 198 g/mol. The smallest absolute Gasteiger partial charge is 0.142 e. The second kappa shape index (κ2) is 5.36. The second-order valence-corrected chi connectivity index (χ2v) is 4.56. The van der Waals surface area contributed by atoms with Crippen LogP contribution in [0.15, 0.2) is 0 Å². The molecule has 1 unspecified atom stereocenters. The molecule has 5 heteroatoms. The van der Waals surface area contributed by atoms with Crippen molar-refractivity contribution in [2.75, 3.05) is 12.4 Å². The maximum absolute atomic E-state index is 8.84. The van der Waals surface area contributed by atoms with Gasteiger partial charge in [0.15, 0.2) is 0 Å². The standard InChI is InChI=1S/C9H17N3OS/c1-7(4-13)5-14-6-9-11-10-8(2)12(9)3/h7,13H,4-6H2,1-3H3. The number of thioether (sulfide) groups is 1. The summed E-state index contributed by atoms with van der Waals surface area (Å²) < 4.78 is 2.00. The number of hydrogen-bond acceptors (Lipinski definition) is 4. The van der Waals surface area contributed by atoms with Crippen LogP contribution < -0.4 is 0 Å². The summed E-state index contributed by atoms with van der Waals surface area (Å²) in [7, 11) is 1.97. The van der Waals surface area contributed by atoms with E-state index in [4.69, 9.17) is 5.11 Å². The molecule has 0 aromatic carbocycles. The van der Waals surface area contributed by atoms with Crippen LogP contribution in [0, 0.1) is 12.8 Å². The Kier molecular flexibility index (Phi) is 4.41. The third-order valence-electron chi connectivity index (χ3n) is 2.13. The lowest BCUT2D eigenvalue weighted by molar-refractivity contribution is 0.250. The van der Waals surface area contributed by atoms with Crippen LogP contribution in [0.4, 0.5) is 0 Å². The summed E-state index contributed by atoms with van der Waals surface area (Å²) in [5.41, 5.74) is 0. The minimum atomic E-state index is 0.255. The molecule has 1 atom stereocenters. The topological polar surface area (TPSA) is 50.9 Å². The molecular formula is C9H17N3OS. The molecule has 0 saturated carbocycles. The predicted molar refractivity (Wildman–Crippen MR) is 58.2 cm³/mol. The molecule has 1 aromatic heterocycles. The van der Waals surface area contributed by atoms with Gasteiger partial charge >= 0.3 is 0 Å². The van der Waals surface area contributed by atoms with Crippen LogP contribution in [0.5, 0.6) is 0 Å². The van der Waals surface area contributed by atoms with Crippen LogP contribution in [0.1, 0.15) is 18.6 Å². The fraction of sp³-hybridized carbons (Fsp3) is 0.778. The fourth-order valence-corrected chi connectivity index (χ4v) is 2.04. The molecule has 0 radical (unpaired) electrons. The Morgan fingerprint density at radius 3 is 2.71 bits per heavy atom. The maximum Gasteiger partial charge on any atom is 0.142 e. The molecule has 0 bridgehead atoms. The zero-order valence-electron chi connectivity index (χ0n) is 8.90. The van der Waals surface area contributed by atoms with Crippen molar-refractivity contribution in [2.45, 2.75) is 19.6 Å². The first-order valence-corrected chi connectivity index (χ1v) is 5.84. The number of hydrogen-bond donors (Lipinski definition) is 1. The summed E-state index contributed by atoms with van der Waals surface area (Å²) in [5.74, 6) is 4.12. The van der Waals surface area contributed by atoms with Crippen LogP contribution in [0.2, 0.25) is 0 Å². The molecule has 0 aliphatic rings. The summed E-state index contributed by atoms with van der Waals surface area (Å²) in [6, 6.07) is 0. The minimum absolute atomic E-state index is 0.255. The average molecular weight is 215 g/mol. The molecule has 1 rings (SSSR count). The van der Waals surface area contributed by atoms with Crippen LogP contribution in [-0.4, -0.2) is 32.2 Å². The predicted octanol–water partition coefficient (Wildman–Crippen LogP) is 0.985. The van der Waals surface area contributed by atoms with Crippen molar-refractivity contribution in [2.24, 2.45) is 13.0 Å². The van der Waals surface area contributed by atoms with E-state index in [0.29, 0.717) is 5.92 Å². The number of aliphatic hydroxyl groups is 1. The van der Waals surface area contributed by atoms with Crippen LogP contribution in [0.25, 0.3) is 0 Å². The van der Waals surface area contributed by atoms with Crippen molar-refractivity contribution in [3.05, 3.63) is 11.6 Å². The molecule has 1 heterocycles.